The minimum Gasteiger partial charge on any atom is -0.508 e. The SMILES string of the molecule is Oc1cccc(-c2noc(Cc3cccc(F)c3F)n2)c1. The normalized spacial score (nSPS) is 10.8. The Bertz CT molecular complexity index is 787. The minimum atomic E-state index is -0.922. The van der Waals surface area contributed by atoms with E-state index in [-0.39, 0.29) is 29.4 Å². The van der Waals surface area contributed by atoms with Crippen LogP contribution in [0.4, 0.5) is 8.78 Å². The van der Waals surface area contributed by atoms with Crippen molar-refractivity contribution in [1.82, 2.24) is 10.1 Å². The molecule has 0 unspecified atom stereocenters. The maximum absolute atomic E-state index is 13.6. The average molecular weight is 288 g/mol. The Hall–Kier alpha value is -2.76. The van der Waals surface area contributed by atoms with E-state index in [4.69, 9.17) is 4.52 Å². The van der Waals surface area contributed by atoms with Gasteiger partial charge in [-0.15, -0.1) is 0 Å². The van der Waals surface area contributed by atoms with Crippen molar-refractivity contribution in [3.8, 4) is 17.1 Å². The molecule has 1 aromatic heterocycles. The highest BCUT2D eigenvalue weighted by Crippen LogP contribution is 2.21. The molecule has 0 aliphatic carbocycles. The lowest BCUT2D eigenvalue weighted by atomic mass is 10.1. The number of aromatic hydroxyl groups is 1. The predicted octanol–water partition coefficient (Wildman–Crippen LogP) is 3.31. The van der Waals surface area contributed by atoms with Crippen LogP contribution in [0, 0.1) is 11.6 Å². The first kappa shape index (κ1) is 13.2. The van der Waals surface area contributed by atoms with Gasteiger partial charge in [-0.3, -0.25) is 0 Å². The Labute approximate surface area is 118 Å². The van der Waals surface area contributed by atoms with E-state index in [1.54, 1.807) is 12.1 Å². The van der Waals surface area contributed by atoms with Crippen LogP contribution in [0.2, 0.25) is 0 Å². The van der Waals surface area contributed by atoms with Crippen LogP contribution >= 0.6 is 0 Å². The van der Waals surface area contributed by atoms with Crippen molar-refractivity contribution in [1.29, 1.82) is 0 Å². The van der Waals surface area contributed by atoms with Crippen LogP contribution in [-0.4, -0.2) is 15.2 Å². The zero-order valence-corrected chi connectivity index (χ0v) is 10.8. The van der Waals surface area contributed by atoms with Crippen LogP contribution in [0.5, 0.6) is 5.75 Å². The highest BCUT2D eigenvalue weighted by molar-refractivity contribution is 5.56. The molecule has 0 amide bonds. The van der Waals surface area contributed by atoms with Gasteiger partial charge in [0.2, 0.25) is 11.7 Å². The summed E-state index contributed by atoms with van der Waals surface area (Å²) in [6.45, 7) is 0. The van der Waals surface area contributed by atoms with Crippen LogP contribution in [0.3, 0.4) is 0 Å². The van der Waals surface area contributed by atoms with Gasteiger partial charge in [-0.05, 0) is 18.2 Å². The number of hydrogen-bond acceptors (Lipinski definition) is 4. The fraction of sp³-hybridized carbons (Fsp3) is 0.0667. The van der Waals surface area contributed by atoms with E-state index in [9.17, 15) is 13.9 Å². The molecule has 3 aromatic rings. The monoisotopic (exact) mass is 288 g/mol. The standard InChI is InChI=1S/C15H10F2N2O2/c16-12-6-2-3-9(14(12)17)8-13-18-15(19-21-13)10-4-1-5-11(20)7-10/h1-7,20H,8H2. The topological polar surface area (TPSA) is 59.2 Å². The summed E-state index contributed by atoms with van der Waals surface area (Å²) in [7, 11) is 0. The first-order valence-corrected chi connectivity index (χ1v) is 6.18. The third kappa shape index (κ3) is 2.74. The third-order valence-electron chi connectivity index (χ3n) is 2.95. The summed E-state index contributed by atoms with van der Waals surface area (Å²) in [6.07, 6.45) is -0.00455. The van der Waals surface area contributed by atoms with Crippen LogP contribution in [0.1, 0.15) is 11.5 Å². The van der Waals surface area contributed by atoms with Crippen LogP contribution in [-0.2, 0) is 6.42 Å². The minimum absolute atomic E-state index is 0.00455. The molecule has 4 nitrogen and oxygen atoms in total. The maximum Gasteiger partial charge on any atom is 0.231 e. The number of phenolic OH excluding ortho intramolecular Hbond substituents is 1. The fourth-order valence-electron chi connectivity index (χ4n) is 1.94. The Kier molecular flexibility index (Phi) is 3.35. The number of nitrogens with zero attached hydrogens (tertiary/aromatic N) is 2. The van der Waals surface area contributed by atoms with Gasteiger partial charge in [0, 0.05) is 11.1 Å². The highest BCUT2D eigenvalue weighted by Gasteiger charge is 2.13. The molecule has 0 radical (unpaired) electrons. The van der Waals surface area contributed by atoms with Crippen molar-refractivity contribution in [3.05, 3.63) is 65.6 Å². The predicted molar refractivity (Wildman–Crippen MR) is 70.6 cm³/mol. The molecular formula is C15H10F2N2O2. The maximum atomic E-state index is 13.6. The van der Waals surface area contributed by atoms with Gasteiger partial charge in [0.15, 0.2) is 11.6 Å². The van der Waals surface area contributed by atoms with E-state index in [2.05, 4.69) is 10.1 Å². The molecule has 1 N–H and O–H groups in total. The zero-order valence-electron chi connectivity index (χ0n) is 10.8. The number of aromatic nitrogens is 2. The van der Waals surface area contributed by atoms with Gasteiger partial charge in [0.1, 0.15) is 5.75 Å². The Morgan fingerprint density at radius 2 is 1.90 bits per heavy atom. The van der Waals surface area contributed by atoms with Crippen LogP contribution < -0.4 is 0 Å². The van der Waals surface area contributed by atoms with Gasteiger partial charge in [0.25, 0.3) is 0 Å². The first-order valence-electron chi connectivity index (χ1n) is 6.18. The molecule has 0 saturated carbocycles. The largest absolute Gasteiger partial charge is 0.508 e. The molecular weight excluding hydrogens is 278 g/mol. The van der Waals surface area contributed by atoms with Gasteiger partial charge >= 0.3 is 0 Å². The second kappa shape index (κ2) is 5.32. The summed E-state index contributed by atoms with van der Waals surface area (Å²) in [5.41, 5.74) is 0.714. The highest BCUT2D eigenvalue weighted by atomic mass is 19.2. The summed E-state index contributed by atoms with van der Waals surface area (Å²) in [4.78, 5) is 4.11. The molecule has 6 heteroatoms. The summed E-state index contributed by atoms with van der Waals surface area (Å²) < 4.78 is 31.7. The van der Waals surface area contributed by atoms with Crippen molar-refractivity contribution in [3.63, 3.8) is 0 Å². The fourth-order valence-corrected chi connectivity index (χ4v) is 1.94. The molecule has 0 aliphatic heterocycles. The van der Waals surface area contributed by atoms with E-state index in [0.717, 1.165) is 6.07 Å². The molecule has 21 heavy (non-hydrogen) atoms. The van der Waals surface area contributed by atoms with Crippen LogP contribution in [0.15, 0.2) is 47.0 Å². The Balaban J connectivity index is 1.87. The molecule has 0 spiro atoms. The molecule has 1 heterocycles. The summed E-state index contributed by atoms with van der Waals surface area (Å²) in [5.74, 6) is -1.32. The molecule has 3 rings (SSSR count). The van der Waals surface area contributed by atoms with Crippen LogP contribution in [0.25, 0.3) is 11.4 Å². The van der Waals surface area contributed by atoms with E-state index in [1.807, 2.05) is 0 Å². The van der Waals surface area contributed by atoms with E-state index < -0.39 is 11.6 Å². The lowest BCUT2D eigenvalue weighted by Crippen LogP contribution is -1.95. The third-order valence-corrected chi connectivity index (χ3v) is 2.95. The van der Waals surface area contributed by atoms with Gasteiger partial charge in [-0.25, -0.2) is 8.78 Å². The van der Waals surface area contributed by atoms with E-state index in [1.165, 1.54) is 24.3 Å². The van der Waals surface area contributed by atoms with Crippen molar-refractivity contribution in [2.75, 3.05) is 0 Å². The Morgan fingerprint density at radius 3 is 2.71 bits per heavy atom. The molecule has 2 aromatic carbocycles. The zero-order chi connectivity index (χ0) is 14.8. The molecule has 0 atom stereocenters. The second-order valence-electron chi connectivity index (χ2n) is 4.45. The smallest absolute Gasteiger partial charge is 0.231 e. The van der Waals surface area contributed by atoms with E-state index in [0.29, 0.717) is 5.56 Å². The van der Waals surface area contributed by atoms with Crippen molar-refractivity contribution >= 4 is 0 Å². The molecule has 0 fully saturated rings. The summed E-state index contributed by atoms with van der Waals surface area (Å²) in [6, 6.07) is 10.3. The number of hydrogen-bond donors (Lipinski definition) is 1. The molecule has 0 bridgehead atoms. The lowest BCUT2D eigenvalue weighted by Gasteiger charge is -1.99. The van der Waals surface area contributed by atoms with Crippen molar-refractivity contribution < 1.29 is 18.4 Å². The number of rotatable bonds is 3. The Morgan fingerprint density at radius 1 is 1.10 bits per heavy atom. The second-order valence-corrected chi connectivity index (χ2v) is 4.45. The quantitative estimate of drug-likeness (QED) is 0.803. The van der Waals surface area contributed by atoms with Gasteiger partial charge in [0.05, 0.1) is 6.42 Å². The van der Waals surface area contributed by atoms with Gasteiger partial charge in [-0.1, -0.05) is 29.4 Å². The molecule has 0 saturated heterocycles. The molecule has 0 aliphatic rings. The van der Waals surface area contributed by atoms with E-state index >= 15 is 0 Å². The molecule has 106 valence electrons. The summed E-state index contributed by atoms with van der Waals surface area (Å²) >= 11 is 0. The number of benzene rings is 2. The van der Waals surface area contributed by atoms with Crippen molar-refractivity contribution in [2.24, 2.45) is 0 Å². The first-order chi connectivity index (χ1) is 10.1. The lowest BCUT2D eigenvalue weighted by molar-refractivity contribution is 0.383. The average Bonchev–Trinajstić information content (AvgIpc) is 2.93. The van der Waals surface area contributed by atoms with Gasteiger partial charge < -0.3 is 9.63 Å². The number of halogens is 2. The number of phenols is 1. The van der Waals surface area contributed by atoms with Gasteiger partial charge in [-0.2, -0.15) is 4.98 Å². The van der Waals surface area contributed by atoms with Crippen molar-refractivity contribution in [2.45, 2.75) is 6.42 Å². The summed E-state index contributed by atoms with van der Waals surface area (Å²) in [5, 5.41) is 13.2.